The van der Waals surface area contributed by atoms with Crippen LogP contribution in [0.4, 0.5) is 0 Å². The maximum atomic E-state index is 5.95. The van der Waals surface area contributed by atoms with Gasteiger partial charge in [-0.05, 0) is 22.8 Å². The van der Waals surface area contributed by atoms with Crippen LogP contribution in [0.2, 0.25) is 0 Å². The number of halogens is 1. The van der Waals surface area contributed by atoms with Crippen LogP contribution < -0.4 is 5.73 Å². The number of hydrogen-bond acceptors (Lipinski definition) is 2. The van der Waals surface area contributed by atoms with Crippen molar-refractivity contribution in [2.24, 2.45) is 5.73 Å². The van der Waals surface area contributed by atoms with Gasteiger partial charge in [0.05, 0.1) is 0 Å². The lowest BCUT2D eigenvalue weighted by molar-refractivity contribution is 0.328. The smallest absolute Gasteiger partial charge is 0.0240 e. The van der Waals surface area contributed by atoms with Crippen LogP contribution in [0, 0.1) is 0 Å². The van der Waals surface area contributed by atoms with E-state index in [4.69, 9.17) is 5.73 Å². The van der Waals surface area contributed by atoms with Crippen molar-refractivity contribution in [3.8, 4) is 0 Å². The fraction of sp³-hybridized carbons (Fsp3) is 0.333. The lowest BCUT2D eigenvalue weighted by Gasteiger charge is -2.16. The Hall–Kier alpha value is -1.09. The van der Waals surface area contributed by atoms with E-state index >= 15 is 0 Å². The van der Waals surface area contributed by atoms with Gasteiger partial charge in [0, 0.05) is 25.7 Å². The molecule has 1 fully saturated rings. The SMILES string of the molecule is Cl.N[C@H]1CCN(Cc2cccc3ccccc23)C1. The molecule has 18 heavy (non-hydrogen) atoms. The predicted octanol–water partition coefficient (Wildman–Crippen LogP) is 2.79. The number of likely N-dealkylation sites (tertiary alicyclic amines) is 1. The fourth-order valence-electron chi connectivity index (χ4n) is 2.68. The fourth-order valence-corrected chi connectivity index (χ4v) is 2.68. The predicted molar refractivity (Wildman–Crippen MR) is 79.1 cm³/mol. The minimum atomic E-state index is 0. The van der Waals surface area contributed by atoms with Gasteiger partial charge in [-0.1, -0.05) is 42.5 Å². The molecule has 2 aromatic rings. The topological polar surface area (TPSA) is 29.3 Å². The third-order valence-corrected chi connectivity index (χ3v) is 3.58. The van der Waals surface area contributed by atoms with Crippen LogP contribution in [-0.2, 0) is 6.54 Å². The summed E-state index contributed by atoms with van der Waals surface area (Å²) in [6, 6.07) is 15.5. The molecule has 0 amide bonds. The van der Waals surface area contributed by atoms with Crippen molar-refractivity contribution in [3.05, 3.63) is 48.0 Å². The first kappa shape index (κ1) is 13.3. The summed E-state index contributed by atoms with van der Waals surface area (Å²) >= 11 is 0. The largest absolute Gasteiger partial charge is 0.326 e. The van der Waals surface area contributed by atoms with E-state index in [0.29, 0.717) is 6.04 Å². The number of hydrogen-bond donors (Lipinski definition) is 1. The normalized spacial score (nSPS) is 19.9. The molecular formula is C15H19ClN2. The van der Waals surface area contributed by atoms with Crippen LogP contribution in [0.3, 0.4) is 0 Å². The monoisotopic (exact) mass is 262 g/mol. The van der Waals surface area contributed by atoms with Gasteiger partial charge in [-0.15, -0.1) is 12.4 Å². The molecule has 0 aromatic heterocycles. The minimum Gasteiger partial charge on any atom is -0.326 e. The van der Waals surface area contributed by atoms with E-state index in [1.165, 1.54) is 16.3 Å². The molecule has 1 aliphatic rings. The van der Waals surface area contributed by atoms with Gasteiger partial charge < -0.3 is 5.73 Å². The Balaban J connectivity index is 0.00000120. The van der Waals surface area contributed by atoms with Gasteiger partial charge in [0.25, 0.3) is 0 Å². The van der Waals surface area contributed by atoms with Crippen molar-refractivity contribution in [1.29, 1.82) is 0 Å². The number of nitrogens with two attached hydrogens (primary N) is 1. The van der Waals surface area contributed by atoms with Crippen LogP contribution in [-0.4, -0.2) is 24.0 Å². The first-order chi connectivity index (χ1) is 8.33. The molecule has 1 aliphatic heterocycles. The van der Waals surface area contributed by atoms with Crippen LogP contribution in [0.1, 0.15) is 12.0 Å². The molecule has 0 unspecified atom stereocenters. The van der Waals surface area contributed by atoms with Crippen LogP contribution in [0.15, 0.2) is 42.5 Å². The summed E-state index contributed by atoms with van der Waals surface area (Å²) in [6.07, 6.45) is 1.13. The number of benzene rings is 2. The zero-order valence-corrected chi connectivity index (χ0v) is 11.2. The Morgan fingerprint density at radius 1 is 1.11 bits per heavy atom. The highest BCUT2D eigenvalue weighted by Gasteiger charge is 2.19. The van der Waals surface area contributed by atoms with Crippen LogP contribution >= 0.6 is 12.4 Å². The summed E-state index contributed by atoms with van der Waals surface area (Å²) in [5.74, 6) is 0. The van der Waals surface area contributed by atoms with E-state index in [2.05, 4.69) is 47.4 Å². The summed E-state index contributed by atoms with van der Waals surface area (Å²) in [4.78, 5) is 2.45. The van der Waals surface area contributed by atoms with Gasteiger partial charge >= 0.3 is 0 Å². The number of rotatable bonds is 2. The average Bonchev–Trinajstić information content (AvgIpc) is 2.75. The quantitative estimate of drug-likeness (QED) is 0.902. The summed E-state index contributed by atoms with van der Waals surface area (Å²) < 4.78 is 0. The van der Waals surface area contributed by atoms with Crippen molar-refractivity contribution in [1.82, 2.24) is 4.90 Å². The highest BCUT2D eigenvalue weighted by molar-refractivity contribution is 5.85. The minimum absolute atomic E-state index is 0. The Morgan fingerprint density at radius 3 is 2.67 bits per heavy atom. The summed E-state index contributed by atoms with van der Waals surface area (Å²) in [6.45, 7) is 3.18. The highest BCUT2D eigenvalue weighted by atomic mass is 35.5. The number of nitrogens with zero attached hydrogens (tertiary/aromatic N) is 1. The van der Waals surface area contributed by atoms with Crippen LogP contribution in [0.5, 0.6) is 0 Å². The summed E-state index contributed by atoms with van der Waals surface area (Å²) in [5.41, 5.74) is 7.36. The molecule has 0 bridgehead atoms. The van der Waals surface area contributed by atoms with Crippen molar-refractivity contribution >= 4 is 23.2 Å². The van der Waals surface area contributed by atoms with E-state index in [1.807, 2.05) is 0 Å². The maximum Gasteiger partial charge on any atom is 0.0240 e. The van der Waals surface area contributed by atoms with E-state index in [-0.39, 0.29) is 12.4 Å². The zero-order valence-electron chi connectivity index (χ0n) is 10.4. The zero-order chi connectivity index (χ0) is 11.7. The number of fused-ring (bicyclic) bond motifs is 1. The van der Waals surface area contributed by atoms with Gasteiger partial charge in [0.2, 0.25) is 0 Å². The molecule has 2 nitrogen and oxygen atoms in total. The van der Waals surface area contributed by atoms with Crippen molar-refractivity contribution in [2.45, 2.75) is 19.0 Å². The molecule has 0 radical (unpaired) electrons. The van der Waals surface area contributed by atoms with Gasteiger partial charge in [0.15, 0.2) is 0 Å². The molecule has 3 heteroatoms. The second-order valence-corrected chi connectivity index (χ2v) is 4.92. The standard InChI is InChI=1S/C15H18N2.ClH/c16-14-8-9-17(11-14)10-13-6-3-5-12-4-1-2-7-15(12)13;/h1-7,14H,8-11,16H2;1H/t14-;/m0./s1. The van der Waals surface area contributed by atoms with E-state index in [0.717, 1.165) is 26.1 Å². The summed E-state index contributed by atoms with van der Waals surface area (Å²) in [7, 11) is 0. The van der Waals surface area contributed by atoms with Crippen molar-refractivity contribution < 1.29 is 0 Å². The molecule has 1 heterocycles. The molecular weight excluding hydrogens is 244 g/mol. The Bertz CT molecular complexity index is 521. The van der Waals surface area contributed by atoms with Gasteiger partial charge in [-0.2, -0.15) is 0 Å². The second-order valence-electron chi connectivity index (χ2n) is 4.92. The molecule has 1 saturated heterocycles. The molecule has 3 rings (SSSR count). The molecule has 1 atom stereocenters. The second kappa shape index (κ2) is 5.70. The molecule has 2 aromatic carbocycles. The van der Waals surface area contributed by atoms with Crippen LogP contribution in [0.25, 0.3) is 10.8 Å². The van der Waals surface area contributed by atoms with Gasteiger partial charge in [-0.25, -0.2) is 0 Å². The lowest BCUT2D eigenvalue weighted by Crippen LogP contribution is -2.26. The third kappa shape index (κ3) is 2.66. The van der Waals surface area contributed by atoms with Gasteiger partial charge in [0.1, 0.15) is 0 Å². The molecule has 96 valence electrons. The van der Waals surface area contributed by atoms with E-state index in [9.17, 15) is 0 Å². The van der Waals surface area contributed by atoms with Crippen molar-refractivity contribution in [2.75, 3.05) is 13.1 Å². The Morgan fingerprint density at radius 2 is 1.89 bits per heavy atom. The lowest BCUT2D eigenvalue weighted by atomic mass is 10.0. The van der Waals surface area contributed by atoms with E-state index < -0.39 is 0 Å². The van der Waals surface area contributed by atoms with Crippen molar-refractivity contribution in [3.63, 3.8) is 0 Å². The molecule has 2 N–H and O–H groups in total. The summed E-state index contributed by atoms with van der Waals surface area (Å²) in [5, 5.41) is 2.70. The van der Waals surface area contributed by atoms with E-state index in [1.54, 1.807) is 0 Å². The maximum absolute atomic E-state index is 5.95. The average molecular weight is 263 g/mol. The Labute approximate surface area is 114 Å². The van der Waals surface area contributed by atoms with Gasteiger partial charge in [-0.3, -0.25) is 4.90 Å². The first-order valence-electron chi connectivity index (χ1n) is 6.27. The molecule has 0 spiro atoms. The molecule has 0 saturated carbocycles. The molecule has 0 aliphatic carbocycles. The first-order valence-corrected chi connectivity index (χ1v) is 6.27. The Kier molecular flexibility index (Phi) is 4.23. The highest BCUT2D eigenvalue weighted by Crippen LogP contribution is 2.21. The third-order valence-electron chi connectivity index (χ3n) is 3.58.